The van der Waals surface area contributed by atoms with E-state index in [1.807, 2.05) is 0 Å². The highest BCUT2D eigenvalue weighted by atomic mass is 19.1. The average molecular weight is 317 g/mol. The number of nitrogens with zero attached hydrogens (tertiary/aromatic N) is 3. The van der Waals surface area contributed by atoms with E-state index in [0.29, 0.717) is 29.9 Å². The summed E-state index contributed by atoms with van der Waals surface area (Å²) < 4.78 is 19.3. The number of aliphatic hydroxyl groups is 1. The van der Waals surface area contributed by atoms with E-state index in [1.165, 1.54) is 0 Å². The molecular weight excluding hydrogens is 297 g/mol. The van der Waals surface area contributed by atoms with E-state index in [4.69, 9.17) is 9.84 Å². The number of ether oxygens (including phenoxy) is 1. The molecule has 1 aliphatic heterocycles. The molecule has 1 fully saturated rings. The number of halogens is 1. The number of hydrogen-bond donors (Lipinski definition) is 1. The van der Waals surface area contributed by atoms with Crippen molar-refractivity contribution < 1.29 is 14.2 Å². The van der Waals surface area contributed by atoms with Crippen LogP contribution < -0.4 is 4.90 Å². The second-order valence-electron chi connectivity index (χ2n) is 5.70. The fraction of sp³-hybridized carbons (Fsp3) is 0.412. The molecule has 122 valence electrons. The number of methoxy groups -OCH3 is 1. The normalized spacial score (nSPS) is 14.8. The van der Waals surface area contributed by atoms with Crippen molar-refractivity contribution in [2.75, 3.05) is 25.1 Å². The molecule has 1 aliphatic rings. The largest absolute Gasteiger partial charge is 0.392 e. The van der Waals surface area contributed by atoms with Gasteiger partial charge in [0.1, 0.15) is 5.82 Å². The minimum Gasteiger partial charge on any atom is -0.392 e. The van der Waals surface area contributed by atoms with E-state index in [1.54, 1.807) is 37.7 Å². The van der Waals surface area contributed by atoms with Gasteiger partial charge in [-0.2, -0.15) is 0 Å². The Balaban J connectivity index is 1.59. The van der Waals surface area contributed by atoms with E-state index < -0.39 is 0 Å². The molecular formula is C17H20FN3O2. The highest BCUT2D eigenvalue weighted by Crippen LogP contribution is 2.19. The summed E-state index contributed by atoms with van der Waals surface area (Å²) in [5, 5.41) is 9.10. The van der Waals surface area contributed by atoms with Crippen LogP contribution in [-0.2, 0) is 24.2 Å². The third-order valence-corrected chi connectivity index (χ3v) is 4.17. The molecule has 0 aliphatic carbocycles. The first-order valence-electron chi connectivity index (χ1n) is 7.67. The Kier molecular flexibility index (Phi) is 4.83. The molecule has 2 heterocycles. The van der Waals surface area contributed by atoms with Gasteiger partial charge in [-0.1, -0.05) is 18.2 Å². The van der Waals surface area contributed by atoms with Gasteiger partial charge in [0.15, 0.2) is 0 Å². The van der Waals surface area contributed by atoms with Crippen molar-refractivity contribution in [3.8, 4) is 0 Å². The van der Waals surface area contributed by atoms with Crippen LogP contribution >= 0.6 is 0 Å². The van der Waals surface area contributed by atoms with Gasteiger partial charge in [0, 0.05) is 38.2 Å². The Labute approximate surface area is 134 Å². The molecule has 1 saturated heterocycles. The van der Waals surface area contributed by atoms with E-state index >= 15 is 0 Å². The summed E-state index contributed by atoms with van der Waals surface area (Å²) in [5.74, 6) is 0.384. The molecule has 0 unspecified atom stereocenters. The molecule has 0 bridgehead atoms. The van der Waals surface area contributed by atoms with Crippen molar-refractivity contribution >= 4 is 5.95 Å². The summed E-state index contributed by atoms with van der Waals surface area (Å²) in [4.78, 5) is 10.8. The van der Waals surface area contributed by atoms with Crippen LogP contribution in [0.25, 0.3) is 0 Å². The van der Waals surface area contributed by atoms with Gasteiger partial charge >= 0.3 is 0 Å². The van der Waals surface area contributed by atoms with Crippen molar-refractivity contribution in [2.24, 2.45) is 0 Å². The van der Waals surface area contributed by atoms with Gasteiger partial charge in [0.2, 0.25) is 5.95 Å². The van der Waals surface area contributed by atoms with Crippen LogP contribution in [0.15, 0.2) is 30.6 Å². The SMILES string of the molecule is COC1CN(c2ncc(CCc3cccc(CO)c3F)cn2)C1. The van der Waals surface area contributed by atoms with Crippen molar-refractivity contribution in [3.05, 3.63) is 53.1 Å². The van der Waals surface area contributed by atoms with Crippen LogP contribution in [0, 0.1) is 5.82 Å². The Bertz CT molecular complexity index is 657. The summed E-state index contributed by atoms with van der Waals surface area (Å²) in [6, 6.07) is 5.10. The maximum atomic E-state index is 14.1. The molecule has 1 N–H and O–H groups in total. The lowest BCUT2D eigenvalue weighted by molar-refractivity contribution is 0.0778. The fourth-order valence-corrected chi connectivity index (χ4v) is 2.62. The van der Waals surface area contributed by atoms with Crippen LogP contribution in [0.5, 0.6) is 0 Å². The van der Waals surface area contributed by atoms with Gasteiger partial charge in [-0.05, 0) is 24.0 Å². The number of aromatic nitrogens is 2. The molecule has 0 radical (unpaired) electrons. The lowest BCUT2D eigenvalue weighted by Crippen LogP contribution is -2.52. The Morgan fingerprint density at radius 3 is 2.57 bits per heavy atom. The third-order valence-electron chi connectivity index (χ3n) is 4.17. The number of rotatable bonds is 6. The summed E-state index contributed by atoms with van der Waals surface area (Å²) in [5.41, 5.74) is 1.90. The average Bonchev–Trinajstić information content (AvgIpc) is 2.54. The lowest BCUT2D eigenvalue weighted by Gasteiger charge is -2.37. The van der Waals surface area contributed by atoms with Crippen LogP contribution in [0.2, 0.25) is 0 Å². The van der Waals surface area contributed by atoms with Gasteiger partial charge < -0.3 is 14.7 Å². The maximum absolute atomic E-state index is 14.1. The summed E-state index contributed by atoms with van der Waals surface area (Å²) >= 11 is 0. The maximum Gasteiger partial charge on any atom is 0.225 e. The monoisotopic (exact) mass is 317 g/mol. The fourth-order valence-electron chi connectivity index (χ4n) is 2.62. The van der Waals surface area contributed by atoms with E-state index in [2.05, 4.69) is 14.9 Å². The second-order valence-corrected chi connectivity index (χ2v) is 5.70. The molecule has 0 spiro atoms. The quantitative estimate of drug-likeness (QED) is 0.879. The van der Waals surface area contributed by atoms with Gasteiger partial charge in [-0.15, -0.1) is 0 Å². The Hall–Kier alpha value is -2.05. The van der Waals surface area contributed by atoms with E-state index in [9.17, 15) is 4.39 Å². The zero-order valence-electron chi connectivity index (χ0n) is 13.1. The molecule has 1 aromatic carbocycles. The van der Waals surface area contributed by atoms with Crippen LogP contribution in [0.4, 0.5) is 10.3 Å². The van der Waals surface area contributed by atoms with Gasteiger partial charge in [0.05, 0.1) is 12.7 Å². The first kappa shape index (κ1) is 15.8. The minimum atomic E-state index is -0.321. The molecule has 2 aromatic rings. The molecule has 0 saturated carbocycles. The smallest absolute Gasteiger partial charge is 0.225 e. The van der Waals surface area contributed by atoms with Gasteiger partial charge in [-0.3, -0.25) is 0 Å². The van der Waals surface area contributed by atoms with Crippen LogP contribution in [0.1, 0.15) is 16.7 Å². The number of aliphatic hydroxyl groups excluding tert-OH is 1. The molecule has 23 heavy (non-hydrogen) atoms. The molecule has 5 nitrogen and oxygen atoms in total. The van der Waals surface area contributed by atoms with Crippen LogP contribution in [0.3, 0.4) is 0 Å². The first-order valence-corrected chi connectivity index (χ1v) is 7.67. The predicted octanol–water partition coefficient (Wildman–Crippen LogP) is 1.73. The number of benzene rings is 1. The molecule has 0 amide bonds. The number of aryl methyl sites for hydroxylation is 2. The van der Waals surface area contributed by atoms with E-state index in [0.717, 1.165) is 18.7 Å². The van der Waals surface area contributed by atoms with Gasteiger partial charge in [0.25, 0.3) is 0 Å². The Morgan fingerprint density at radius 1 is 1.22 bits per heavy atom. The van der Waals surface area contributed by atoms with Crippen molar-refractivity contribution in [3.63, 3.8) is 0 Å². The van der Waals surface area contributed by atoms with E-state index in [-0.39, 0.29) is 18.5 Å². The highest BCUT2D eigenvalue weighted by Gasteiger charge is 2.28. The molecule has 6 heteroatoms. The zero-order chi connectivity index (χ0) is 16.2. The number of anilines is 1. The lowest BCUT2D eigenvalue weighted by atomic mass is 10.0. The topological polar surface area (TPSA) is 58.5 Å². The van der Waals surface area contributed by atoms with Gasteiger partial charge in [-0.25, -0.2) is 14.4 Å². The molecule has 3 rings (SSSR count). The standard InChI is InChI=1S/C17H20FN3O2/c1-23-15-9-21(10-15)17-19-7-12(8-20-17)5-6-13-3-2-4-14(11-22)16(13)18/h2-4,7-8,15,22H,5-6,9-11H2,1H3. The summed E-state index contributed by atoms with van der Waals surface area (Å²) in [6.45, 7) is 1.35. The molecule has 0 atom stereocenters. The third kappa shape index (κ3) is 3.48. The molecule has 1 aromatic heterocycles. The minimum absolute atomic E-state index is 0.264. The second kappa shape index (κ2) is 7.02. The van der Waals surface area contributed by atoms with Crippen molar-refractivity contribution in [1.82, 2.24) is 9.97 Å². The predicted molar refractivity (Wildman–Crippen MR) is 84.8 cm³/mol. The Morgan fingerprint density at radius 2 is 1.91 bits per heavy atom. The highest BCUT2D eigenvalue weighted by molar-refractivity contribution is 5.35. The summed E-state index contributed by atoms with van der Waals surface area (Å²) in [7, 11) is 1.71. The first-order chi connectivity index (χ1) is 11.2. The summed E-state index contributed by atoms with van der Waals surface area (Å²) in [6.07, 6.45) is 5.05. The van der Waals surface area contributed by atoms with Crippen molar-refractivity contribution in [1.29, 1.82) is 0 Å². The number of hydrogen-bond acceptors (Lipinski definition) is 5. The van der Waals surface area contributed by atoms with Crippen LogP contribution in [-0.4, -0.2) is 41.4 Å². The van der Waals surface area contributed by atoms with Crippen molar-refractivity contribution in [2.45, 2.75) is 25.6 Å². The zero-order valence-corrected chi connectivity index (χ0v) is 13.1.